The molecule has 0 bridgehead atoms. The lowest BCUT2D eigenvalue weighted by molar-refractivity contribution is -0.125. The fourth-order valence-corrected chi connectivity index (χ4v) is 1.51. The minimum Gasteiger partial charge on any atom is -0.370 e. The summed E-state index contributed by atoms with van der Waals surface area (Å²) in [5.41, 5.74) is 4.42. The second kappa shape index (κ2) is 7.73. The highest BCUT2D eigenvalue weighted by atomic mass is 16.2. The van der Waals surface area contributed by atoms with Crippen LogP contribution >= 0.6 is 0 Å². The summed E-state index contributed by atoms with van der Waals surface area (Å²) in [6.45, 7) is 5.51. The van der Waals surface area contributed by atoms with E-state index in [4.69, 9.17) is 11.1 Å². The number of carbonyl (C=O) groups excluding carboxylic acids is 2. The third-order valence-electron chi connectivity index (χ3n) is 2.96. The van der Waals surface area contributed by atoms with Crippen molar-refractivity contribution in [2.45, 2.75) is 45.2 Å². The average molecular weight is 271 g/mol. The molecule has 0 aliphatic heterocycles. The van der Waals surface area contributed by atoms with Crippen molar-refractivity contribution in [2.75, 3.05) is 13.6 Å². The van der Waals surface area contributed by atoms with Crippen LogP contribution in [-0.2, 0) is 9.59 Å². The molecular weight excluding hydrogens is 246 g/mol. The van der Waals surface area contributed by atoms with Gasteiger partial charge in [-0.1, -0.05) is 0 Å². The van der Waals surface area contributed by atoms with Gasteiger partial charge in [0.25, 0.3) is 0 Å². The number of hydrogen-bond acceptors (Lipinski definition) is 4. The first-order valence-corrected chi connectivity index (χ1v) is 6.29. The van der Waals surface area contributed by atoms with Crippen LogP contribution in [0.2, 0.25) is 0 Å². The van der Waals surface area contributed by atoms with E-state index in [0.29, 0.717) is 19.4 Å². The maximum absolute atomic E-state index is 11.8. The van der Waals surface area contributed by atoms with Gasteiger partial charge >= 0.3 is 0 Å². The van der Waals surface area contributed by atoms with Gasteiger partial charge in [0.1, 0.15) is 5.78 Å². The van der Waals surface area contributed by atoms with Crippen LogP contribution in [0.15, 0.2) is 0 Å². The molecule has 0 fully saturated rings. The minimum absolute atomic E-state index is 0.0248. The summed E-state index contributed by atoms with van der Waals surface area (Å²) in [5.74, 6) is -0.270. The van der Waals surface area contributed by atoms with Gasteiger partial charge in [-0.15, -0.1) is 0 Å². The van der Waals surface area contributed by atoms with Crippen molar-refractivity contribution in [1.29, 1.82) is 5.41 Å². The highest BCUT2D eigenvalue weighted by molar-refractivity contribution is 5.87. The Morgan fingerprint density at radius 3 is 2.37 bits per heavy atom. The van der Waals surface area contributed by atoms with Gasteiger partial charge in [-0.05, 0) is 33.6 Å². The summed E-state index contributed by atoms with van der Waals surface area (Å²) in [7, 11) is 1.56. The van der Waals surface area contributed by atoms with E-state index in [1.807, 2.05) is 0 Å². The zero-order chi connectivity index (χ0) is 15.1. The van der Waals surface area contributed by atoms with Crippen LogP contribution in [-0.4, -0.2) is 42.8 Å². The molecular formula is C12H25N5O2. The fraction of sp³-hybridized carbons (Fsp3) is 0.750. The standard InChI is InChI=1S/C12H25N5O2/c1-8(18)12(2,3)17-9(10(19)15-4)6-5-7-16-11(13)14/h9,17H,5-7H2,1-4H3,(H,15,19)(H4,13,14,16)/t9-/m0/s1. The Morgan fingerprint density at radius 2 is 1.95 bits per heavy atom. The number of hydrogen-bond donors (Lipinski definition) is 5. The molecule has 0 heterocycles. The molecule has 0 aromatic carbocycles. The quantitative estimate of drug-likeness (QED) is 0.228. The van der Waals surface area contributed by atoms with Crippen molar-refractivity contribution in [3.05, 3.63) is 0 Å². The van der Waals surface area contributed by atoms with Crippen molar-refractivity contribution in [3.8, 4) is 0 Å². The molecule has 0 aliphatic rings. The molecule has 19 heavy (non-hydrogen) atoms. The fourth-order valence-electron chi connectivity index (χ4n) is 1.51. The van der Waals surface area contributed by atoms with Gasteiger partial charge in [-0.2, -0.15) is 0 Å². The van der Waals surface area contributed by atoms with Crippen molar-refractivity contribution in [2.24, 2.45) is 5.73 Å². The van der Waals surface area contributed by atoms with Crippen molar-refractivity contribution in [3.63, 3.8) is 0 Å². The molecule has 0 saturated carbocycles. The third-order valence-corrected chi connectivity index (χ3v) is 2.96. The van der Waals surface area contributed by atoms with E-state index < -0.39 is 11.6 Å². The summed E-state index contributed by atoms with van der Waals surface area (Å²) < 4.78 is 0. The maximum atomic E-state index is 11.8. The number of rotatable bonds is 8. The molecule has 0 radical (unpaired) electrons. The van der Waals surface area contributed by atoms with E-state index >= 15 is 0 Å². The van der Waals surface area contributed by atoms with E-state index in [1.54, 1.807) is 20.9 Å². The molecule has 0 aromatic heterocycles. The molecule has 0 aliphatic carbocycles. The Labute approximate surface area is 114 Å². The molecule has 0 unspecified atom stereocenters. The molecule has 0 saturated heterocycles. The van der Waals surface area contributed by atoms with Crippen molar-refractivity contribution >= 4 is 17.6 Å². The lowest BCUT2D eigenvalue weighted by Gasteiger charge is -2.29. The second-order valence-corrected chi connectivity index (χ2v) is 4.98. The first kappa shape index (κ1) is 17.4. The van der Waals surface area contributed by atoms with Crippen LogP contribution < -0.4 is 21.7 Å². The summed E-state index contributed by atoms with van der Waals surface area (Å²) >= 11 is 0. The maximum Gasteiger partial charge on any atom is 0.236 e. The van der Waals surface area contributed by atoms with E-state index in [2.05, 4.69) is 16.0 Å². The van der Waals surface area contributed by atoms with Gasteiger partial charge in [-0.25, -0.2) is 0 Å². The Bertz CT molecular complexity index is 341. The molecule has 110 valence electrons. The number of guanidine groups is 1. The zero-order valence-corrected chi connectivity index (χ0v) is 12.1. The van der Waals surface area contributed by atoms with Gasteiger partial charge in [0.15, 0.2) is 5.96 Å². The van der Waals surface area contributed by atoms with Crippen LogP contribution in [0.3, 0.4) is 0 Å². The van der Waals surface area contributed by atoms with Crippen LogP contribution in [0, 0.1) is 5.41 Å². The summed E-state index contributed by atoms with van der Waals surface area (Å²) in [6.07, 6.45) is 1.22. The lowest BCUT2D eigenvalue weighted by Crippen LogP contribution is -2.55. The number of nitrogens with one attached hydrogen (secondary N) is 4. The summed E-state index contributed by atoms with van der Waals surface area (Å²) in [4.78, 5) is 23.2. The molecule has 6 N–H and O–H groups in total. The van der Waals surface area contributed by atoms with E-state index in [-0.39, 0.29) is 17.6 Å². The van der Waals surface area contributed by atoms with Crippen molar-refractivity contribution in [1.82, 2.24) is 16.0 Å². The van der Waals surface area contributed by atoms with Crippen LogP contribution in [0.25, 0.3) is 0 Å². The van der Waals surface area contributed by atoms with Gasteiger partial charge in [0, 0.05) is 13.6 Å². The summed E-state index contributed by atoms with van der Waals surface area (Å²) in [5, 5.41) is 15.3. The highest BCUT2D eigenvalue weighted by Crippen LogP contribution is 2.08. The van der Waals surface area contributed by atoms with E-state index in [0.717, 1.165) is 0 Å². The minimum atomic E-state index is -0.745. The average Bonchev–Trinajstić information content (AvgIpc) is 2.31. The topological polar surface area (TPSA) is 120 Å². The van der Waals surface area contributed by atoms with Crippen molar-refractivity contribution < 1.29 is 9.59 Å². The van der Waals surface area contributed by atoms with Crippen LogP contribution in [0.5, 0.6) is 0 Å². The molecule has 1 amide bonds. The lowest BCUT2D eigenvalue weighted by atomic mass is 9.97. The molecule has 0 aromatic rings. The largest absolute Gasteiger partial charge is 0.370 e. The molecule has 7 heteroatoms. The SMILES string of the molecule is CNC(=O)[C@H](CCCNC(=N)N)NC(C)(C)C(C)=O. The zero-order valence-electron chi connectivity index (χ0n) is 12.1. The first-order valence-electron chi connectivity index (χ1n) is 6.29. The number of ketones is 1. The number of likely N-dealkylation sites (N-methyl/N-ethyl adjacent to an activating group) is 1. The number of nitrogens with two attached hydrogens (primary N) is 1. The van der Waals surface area contributed by atoms with Gasteiger partial charge in [0.05, 0.1) is 11.6 Å². The normalized spacial score (nSPS) is 12.6. The smallest absolute Gasteiger partial charge is 0.236 e. The highest BCUT2D eigenvalue weighted by Gasteiger charge is 2.29. The summed E-state index contributed by atoms with van der Waals surface area (Å²) in [6, 6.07) is -0.447. The Balaban J connectivity index is 4.44. The number of amides is 1. The monoisotopic (exact) mass is 271 g/mol. The molecule has 7 nitrogen and oxygen atoms in total. The molecule has 1 atom stereocenters. The number of carbonyl (C=O) groups is 2. The van der Waals surface area contributed by atoms with Crippen LogP contribution in [0.1, 0.15) is 33.6 Å². The predicted molar refractivity (Wildman–Crippen MR) is 74.9 cm³/mol. The van der Waals surface area contributed by atoms with Crippen LogP contribution in [0.4, 0.5) is 0 Å². The predicted octanol–water partition coefficient (Wildman–Crippen LogP) is -0.679. The van der Waals surface area contributed by atoms with Gasteiger partial charge in [0.2, 0.25) is 5.91 Å². The Hall–Kier alpha value is -1.63. The third kappa shape index (κ3) is 6.76. The molecule has 0 rings (SSSR count). The number of Topliss-reactive ketones (excluding diaryl/α,β-unsaturated/α-hetero) is 1. The van der Waals surface area contributed by atoms with E-state index in [9.17, 15) is 9.59 Å². The van der Waals surface area contributed by atoms with E-state index in [1.165, 1.54) is 6.92 Å². The van der Waals surface area contributed by atoms with Gasteiger partial charge < -0.3 is 16.4 Å². The second-order valence-electron chi connectivity index (χ2n) is 4.98. The van der Waals surface area contributed by atoms with Gasteiger partial charge in [-0.3, -0.25) is 20.3 Å². The Morgan fingerprint density at radius 1 is 1.37 bits per heavy atom. The first-order chi connectivity index (χ1) is 8.70. The molecule has 0 spiro atoms. The Kier molecular flexibility index (Phi) is 7.06.